The Morgan fingerprint density at radius 2 is 1.92 bits per heavy atom. The number of nitrogens with one attached hydrogen (secondary N) is 1. The summed E-state index contributed by atoms with van der Waals surface area (Å²) < 4.78 is 33.9. The molecule has 3 atom stereocenters. The third-order valence-corrected chi connectivity index (χ3v) is 4.04. The molecule has 1 unspecified atom stereocenters. The van der Waals surface area contributed by atoms with Crippen molar-refractivity contribution in [2.75, 3.05) is 27.3 Å². The molecule has 212 valence electrons. The van der Waals surface area contributed by atoms with E-state index in [4.69, 9.17) is 14.4 Å². The average Bonchev–Trinajstić information content (AvgIpc) is 3.30. The molecule has 0 bridgehead atoms. The van der Waals surface area contributed by atoms with Gasteiger partial charge in [0.2, 0.25) is 6.79 Å². The van der Waals surface area contributed by atoms with E-state index in [9.17, 15) is 19.2 Å². The topological polar surface area (TPSA) is 183 Å². The van der Waals surface area contributed by atoms with Crippen molar-refractivity contribution in [1.29, 1.82) is 0 Å². The van der Waals surface area contributed by atoms with Crippen LogP contribution in [-0.2, 0) is 42.6 Å². The van der Waals surface area contributed by atoms with Crippen LogP contribution in [0.1, 0.15) is 39.5 Å². The average molecular weight is 554 g/mol. The highest BCUT2D eigenvalue weighted by Gasteiger charge is 2.21. The highest BCUT2D eigenvalue weighted by atomic mass is 31.1. The summed E-state index contributed by atoms with van der Waals surface area (Å²) in [7, 11) is 1.14. The molecule has 0 aromatic carbocycles. The quantitative estimate of drug-likeness (QED) is 0.0554. The lowest BCUT2D eigenvalue weighted by atomic mass is 10.3. The molecule has 0 saturated carbocycles. The summed E-state index contributed by atoms with van der Waals surface area (Å²) in [5.74, 6) is 0. The van der Waals surface area contributed by atoms with Crippen LogP contribution in [0, 0.1) is 6.92 Å². The van der Waals surface area contributed by atoms with E-state index in [1.165, 1.54) is 17.9 Å². The summed E-state index contributed by atoms with van der Waals surface area (Å²) >= 11 is 0. The molecule has 2 rings (SSSR count). The van der Waals surface area contributed by atoms with Crippen LogP contribution in [-0.4, -0.2) is 72.9 Å². The maximum atomic E-state index is 11.5. The maximum absolute atomic E-state index is 11.5. The third-order valence-electron chi connectivity index (χ3n) is 3.62. The number of aliphatic hydroxyl groups excluding tert-OH is 1. The Morgan fingerprint density at radius 3 is 2.43 bits per heavy atom. The van der Waals surface area contributed by atoms with Gasteiger partial charge in [0, 0.05) is 18.9 Å². The Labute approximate surface area is 215 Å². The fraction of sp³-hybridized carbons (Fsp3) is 0.619. The number of carbonyl (C=O) groups excluding carboxylic acids is 2. The van der Waals surface area contributed by atoms with Gasteiger partial charge < -0.3 is 33.3 Å². The molecule has 0 fully saturated rings. The Bertz CT molecular complexity index is 916. The molecule has 1 aliphatic rings. The molecule has 0 amide bonds. The lowest BCUT2D eigenvalue weighted by Gasteiger charge is -2.14. The van der Waals surface area contributed by atoms with Gasteiger partial charge in [0.05, 0.1) is 18.8 Å². The number of rotatable bonds is 12. The van der Waals surface area contributed by atoms with Crippen molar-refractivity contribution in [2.24, 2.45) is 0 Å². The second-order valence-electron chi connectivity index (χ2n) is 7.41. The minimum atomic E-state index is -0.810. The van der Waals surface area contributed by atoms with Crippen LogP contribution >= 0.6 is 9.03 Å². The first-order chi connectivity index (χ1) is 17.5. The molecule has 0 saturated heterocycles. The van der Waals surface area contributed by atoms with Crippen molar-refractivity contribution >= 4 is 21.7 Å². The zero-order chi connectivity index (χ0) is 28.2. The summed E-state index contributed by atoms with van der Waals surface area (Å²) in [6.45, 7) is 8.69. The largest absolute Gasteiger partial charge is 0.510 e. The molecular weight excluding hydrogens is 519 g/mol. The Morgan fingerprint density at radius 1 is 1.22 bits per heavy atom. The van der Waals surface area contributed by atoms with E-state index in [0.29, 0.717) is 12.0 Å². The Balaban J connectivity index is 0.000000579. The van der Waals surface area contributed by atoms with Crippen LogP contribution in [0.3, 0.4) is 0 Å². The molecule has 1 aliphatic heterocycles. The van der Waals surface area contributed by atoms with Crippen molar-refractivity contribution in [3.8, 4) is 0 Å². The lowest BCUT2D eigenvalue weighted by molar-refractivity contribution is -0.255. The summed E-state index contributed by atoms with van der Waals surface area (Å²) in [6.07, 6.45) is 2.81. The minimum Gasteiger partial charge on any atom is -0.465 e. The van der Waals surface area contributed by atoms with Gasteiger partial charge in [-0.3, -0.25) is 19.1 Å². The molecule has 1 aromatic rings. The number of aromatic amines is 1. The third kappa shape index (κ3) is 16.7. The van der Waals surface area contributed by atoms with Gasteiger partial charge in [-0.05, 0) is 40.7 Å². The molecule has 37 heavy (non-hydrogen) atoms. The van der Waals surface area contributed by atoms with Gasteiger partial charge in [-0.1, -0.05) is 6.08 Å². The molecule has 2 N–H and O–H groups in total. The number of hydrogen-bond acceptors (Lipinski definition) is 13. The second-order valence-corrected chi connectivity index (χ2v) is 8.03. The van der Waals surface area contributed by atoms with Crippen LogP contribution < -0.4 is 11.2 Å². The Kier molecular flexibility index (Phi) is 19.0. The van der Waals surface area contributed by atoms with Crippen molar-refractivity contribution in [2.45, 2.75) is 59.2 Å². The van der Waals surface area contributed by atoms with Crippen LogP contribution in [0.5, 0.6) is 0 Å². The SMILES string of the molecule is CC(C)OC=O.COCOPOOCOC(=O)OC(C)C.Cc1cn([C@H]2C=C[C@@H](CO)O2)c(=O)[nH]c1=O. The van der Waals surface area contributed by atoms with E-state index in [0.717, 1.165) is 0 Å². The number of aromatic nitrogens is 2. The highest BCUT2D eigenvalue weighted by Crippen LogP contribution is 2.18. The number of hydrogen-bond donors (Lipinski definition) is 2. The zero-order valence-electron chi connectivity index (χ0n) is 21.5. The van der Waals surface area contributed by atoms with E-state index < -0.39 is 29.7 Å². The monoisotopic (exact) mass is 554 g/mol. The molecule has 16 heteroatoms. The lowest BCUT2D eigenvalue weighted by Crippen LogP contribution is -2.33. The van der Waals surface area contributed by atoms with Gasteiger partial charge in [-0.25, -0.2) is 9.59 Å². The fourth-order valence-corrected chi connectivity index (χ4v) is 2.40. The summed E-state index contributed by atoms with van der Waals surface area (Å²) in [4.78, 5) is 49.5. The molecule has 0 spiro atoms. The number of ether oxygens (including phenoxy) is 5. The van der Waals surface area contributed by atoms with Gasteiger partial charge in [-0.2, -0.15) is 9.56 Å². The maximum Gasteiger partial charge on any atom is 0.510 e. The van der Waals surface area contributed by atoms with Crippen molar-refractivity contribution in [1.82, 2.24) is 9.55 Å². The zero-order valence-corrected chi connectivity index (χ0v) is 22.5. The minimum absolute atomic E-state index is 0.0301. The molecule has 15 nitrogen and oxygen atoms in total. The number of methoxy groups -OCH3 is 1. The van der Waals surface area contributed by atoms with Crippen LogP contribution in [0.4, 0.5) is 4.79 Å². The van der Waals surface area contributed by atoms with Crippen LogP contribution in [0.25, 0.3) is 0 Å². The molecule has 0 radical (unpaired) electrons. The first-order valence-corrected chi connectivity index (χ1v) is 11.7. The number of aryl methyl sites for hydroxylation is 1. The van der Waals surface area contributed by atoms with Gasteiger partial charge >= 0.3 is 11.8 Å². The van der Waals surface area contributed by atoms with Gasteiger partial charge in [0.25, 0.3) is 12.0 Å². The normalized spacial score (nSPS) is 16.2. The molecular formula is C21H35N2O13P. The second kappa shape index (κ2) is 20.4. The van der Waals surface area contributed by atoms with E-state index in [1.807, 2.05) is 0 Å². The molecule has 1 aromatic heterocycles. The van der Waals surface area contributed by atoms with Crippen molar-refractivity contribution in [3.63, 3.8) is 0 Å². The van der Waals surface area contributed by atoms with Gasteiger partial charge in [-0.15, -0.1) is 0 Å². The fourth-order valence-electron chi connectivity index (χ4n) is 2.09. The van der Waals surface area contributed by atoms with Gasteiger partial charge in [0.15, 0.2) is 22.1 Å². The predicted molar refractivity (Wildman–Crippen MR) is 129 cm³/mol. The predicted octanol–water partition coefficient (Wildman–Crippen LogP) is 1.44. The highest BCUT2D eigenvalue weighted by molar-refractivity contribution is 7.26. The van der Waals surface area contributed by atoms with E-state index >= 15 is 0 Å². The van der Waals surface area contributed by atoms with E-state index in [2.05, 4.69) is 33.5 Å². The smallest absolute Gasteiger partial charge is 0.465 e. The summed E-state index contributed by atoms with van der Waals surface area (Å²) in [5, 5.41) is 8.88. The standard InChI is InChI=1S/C10H12N2O4.C7H15O7P.C4H8O2/c1-6-4-12(10(15)11-9(6)14)8-3-2-7(5-13)16-8;1-6(2)13-7(8)10-5-11-14-15-12-4-9-3;1-4(2)6-3-5/h2-4,7-8,13H,5H2,1H3,(H,11,14,15);6,15H,4-5H2,1-3H3;3-4H,1-2H3/t7-,8+;;/m0../s1. The Hall–Kier alpha value is -2.65. The van der Waals surface area contributed by atoms with Crippen LogP contribution in [0.15, 0.2) is 27.9 Å². The number of aliphatic hydroxyl groups is 1. The molecule has 0 aliphatic carbocycles. The van der Waals surface area contributed by atoms with E-state index in [1.54, 1.807) is 46.8 Å². The summed E-state index contributed by atoms with van der Waals surface area (Å²) in [6, 6.07) is 0. The number of H-pyrrole nitrogens is 1. The van der Waals surface area contributed by atoms with Crippen molar-refractivity contribution < 1.29 is 52.5 Å². The first kappa shape index (κ1) is 34.4. The molecule has 2 heterocycles. The summed E-state index contributed by atoms with van der Waals surface area (Å²) in [5.41, 5.74) is -0.491. The first-order valence-electron chi connectivity index (χ1n) is 10.9. The van der Waals surface area contributed by atoms with Crippen LogP contribution in [0.2, 0.25) is 0 Å². The van der Waals surface area contributed by atoms with Gasteiger partial charge in [0.1, 0.15) is 6.10 Å². The number of carbonyl (C=O) groups is 2. The van der Waals surface area contributed by atoms with Crippen molar-refractivity contribution in [3.05, 3.63) is 44.8 Å². The van der Waals surface area contributed by atoms with E-state index in [-0.39, 0.29) is 41.4 Å². The number of nitrogens with zero attached hydrogens (tertiary/aromatic N) is 1.